The maximum atomic E-state index is 10.7. The van der Waals surface area contributed by atoms with Crippen molar-refractivity contribution < 1.29 is 9.90 Å². The van der Waals surface area contributed by atoms with Crippen LogP contribution in [0.15, 0.2) is 0 Å². The Morgan fingerprint density at radius 3 is 2.33 bits per heavy atom. The van der Waals surface area contributed by atoms with Gasteiger partial charge in [0.1, 0.15) is 10.9 Å². The zero-order valence-corrected chi connectivity index (χ0v) is 10.2. The van der Waals surface area contributed by atoms with Gasteiger partial charge in [-0.2, -0.15) is 5.26 Å². The Bertz CT molecular complexity index is 388. The van der Waals surface area contributed by atoms with Crippen molar-refractivity contribution in [1.82, 2.24) is 0 Å². The smallest absolute Gasteiger partial charge is 0.346 e. The van der Waals surface area contributed by atoms with Crippen LogP contribution in [0.25, 0.3) is 0 Å². The molecule has 1 heterocycles. The second-order valence-corrected chi connectivity index (χ2v) is 3.73. The number of rotatable bonds is 2. The number of carboxylic acid groups (broad SMARTS) is 1. The van der Waals surface area contributed by atoms with Crippen LogP contribution in [0.1, 0.15) is 46.4 Å². The lowest BCUT2D eigenvalue weighted by Crippen LogP contribution is -1.94. The Kier molecular flexibility index (Phi) is 5.65. The lowest BCUT2D eigenvalue weighted by atomic mass is 10.1. The van der Waals surface area contributed by atoms with Crippen molar-refractivity contribution in [3.05, 3.63) is 20.9 Å². The molecule has 15 heavy (non-hydrogen) atoms. The van der Waals surface area contributed by atoms with E-state index in [0.29, 0.717) is 17.5 Å². The molecule has 0 radical (unpaired) electrons. The maximum absolute atomic E-state index is 10.7. The first-order chi connectivity index (χ1) is 7.11. The summed E-state index contributed by atoms with van der Waals surface area (Å²) in [6, 6.07) is 2.04. The summed E-state index contributed by atoms with van der Waals surface area (Å²) in [5.74, 6) is -0.946. The van der Waals surface area contributed by atoms with Crippen LogP contribution in [0.4, 0.5) is 0 Å². The number of carboxylic acids is 1. The molecule has 1 rings (SSSR count). The molecule has 0 aliphatic heterocycles. The van der Waals surface area contributed by atoms with E-state index in [4.69, 9.17) is 10.4 Å². The van der Waals surface area contributed by atoms with Crippen LogP contribution in [-0.4, -0.2) is 11.1 Å². The molecule has 1 N–H and O–H groups in total. The molecule has 0 fully saturated rings. The van der Waals surface area contributed by atoms with Crippen molar-refractivity contribution in [2.75, 3.05) is 0 Å². The lowest BCUT2D eigenvalue weighted by molar-refractivity contribution is 0.0701. The fourth-order valence-corrected chi connectivity index (χ4v) is 2.21. The molecular formula is C11H15NO2S. The van der Waals surface area contributed by atoms with Crippen LogP contribution in [0.2, 0.25) is 0 Å². The molecule has 0 bridgehead atoms. The molecule has 82 valence electrons. The quantitative estimate of drug-likeness (QED) is 0.840. The molecular weight excluding hydrogens is 210 g/mol. The van der Waals surface area contributed by atoms with E-state index in [-0.39, 0.29) is 4.88 Å². The molecule has 0 amide bonds. The van der Waals surface area contributed by atoms with E-state index in [1.807, 2.05) is 26.8 Å². The molecule has 4 heteroatoms. The second kappa shape index (κ2) is 6.20. The number of hydrogen-bond acceptors (Lipinski definition) is 3. The molecule has 1 aromatic heterocycles. The summed E-state index contributed by atoms with van der Waals surface area (Å²) in [7, 11) is 0. The number of carbonyl (C=O) groups is 1. The molecule has 0 spiro atoms. The monoisotopic (exact) mass is 225 g/mol. The van der Waals surface area contributed by atoms with Crippen molar-refractivity contribution >= 4 is 17.3 Å². The number of aryl methyl sites for hydroxylation is 1. The fourth-order valence-electron chi connectivity index (χ4n) is 1.17. The first-order valence-electron chi connectivity index (χ1n) is 4.87. The Labute approximate surface area is 94.0 Å². The van der Waals surface area contributed by atoms with E-state index >= 15 is 0 Å². The van der Waals surface area contributed by atoms with Gasteiger partial charge in [-0.25, -0.2) is 4.79 Å². The van der Waals surface area contributed by atoms with Crippen LogP contribution in [0.5, 0.6) is 0 Å². The summed E-state index contributed by atoms with van der Waals surface area (Å²) in [5.41, 5.74) is 1.13. The topological polar surface area (TPSA) is 61.1 Å². The van der Waals surface area contributed by atoms with Gasteiger partial charge in [0.05, 0.1) is 5.56 Å². The third-order valence-corrected chi connectivity index (χ3v) is 3.27. The highest BCUT2D eigenvalue weighted by atomic mass is 32.1. The Morgan fingerprint density at radius 1 is 1.53 bits per heavy atom. The van der Waals surface area contributed by atoms with Gasteiger partial charge in [0, 0.05) is 4.88 Å². The van der Waals surface area contributed by atoms with Gasteiger partial charge in [-0.3, -0.25) is 0 Å². The van der Waals surface area contributed by atoms with Crippen LogP contribution in [0.3, 0.4) is 0 Å². The highest BCUT2D eigenvalue weighted by Crippen LogP contribution is 2.27. The van der Waals surface area contributed by atoms with Gasteiger partial charge in [-0.15, -0.1) is 11.3 Å². The zero-order chi connectivity index (χ0) is 12.0. The minimum Gasteiger partial charge on any atom is -0.477 e. The number of nitriles is 1. The Hall–Kier alpha value is -1.34. The average molecular weight is 225 g/mol. The van der Waals surface area contributed by atoms with Gasteiger partial charge in [-0.1, -0.05) is 20.8 Å². The molecule has 1 aromatic rings. The molecule has 0 atom stereocenters. The highest BCUT2D eigenvalue weighted by molar-refractivity contribution is 7.14. The number of aromatic carboxylic acids is 1. The van der Waals surface area contributed by atoms with E-state index in [1.54, 1.807) is 6.92 Å². The minimum absolute atomic E-state index is 0.286. The van der Waals surface area contributed by atoms with Crippen LogP contribution < -0.4 is 0 Å². The highest BCUT2D eigenvalue weighted by Gasteiger charge is 2.17. The van der Waals surface area contributed by atoms with Crippen LogP contribution in [-0.2, 0) is 6.42 Å². The third kappa shape index (κ3) is 2.80. The van der Waals surface area contributed by atoms with Crippen molar-refractivity contribution in [2.45, 2.75) is 34.1 Å². The molecule has 0 saturated heterocycles. The summed E-state index contributed by atoms with van der Waals surface area (Å²) >= 11 is 1.20. The summed E-state index contributed by atoms with van der Waals surface area (Å²) in [4.78, 5) is 11.9. The predicted octanol–water partition coefficient (Wildman–Crippen LogP) is 3.22. The third-order valence-electron chi connectivity index (χ3n) is 1.85. The van der Waals surface area contributed by atoms with Crippen LogP contribution >= 0.6 is 11.3 Å². The molecule has 0 aliphatic carbocycles. The number of nitrogens with zero attached hydrogens (tertiary/aromatic N) is 1. The van der Waals surface area contributed by atoms with Crippen molar-refractivity contribution in [3.8, 4) is 6.07 Å². The van der Waals surface area contributed by atoms with Crippen LogP contribution in [0, 0.1) is 18.3 Å². The van der Waals surface area contributed by atoms with Crippen molar-refractivity contribution in [1.29, 1.82) is 5.26 Å². The second-order valence-electron chi connectivity index (χ2n) is 2.62. The maximum Gasteiger partial charge on any atom is 0.346 e. The fraction of sp³-hybridized carbons (Fsp3) is 0.455. The number of hydrogen-bond donors (Lipinski definition) is 1. The summed E-state index contributed by atoms with van der Waals surface area (Å²) < 4.78 is 0. The van der Waals surface area contributed by atoms with Gasteiger partial charge in [-0.05, 0) is 18.9 Å². The van der Waals surface area contributed by atoms with Gasteiger partial charge >= 0.3 is 5.97 Å². The first kappa shape index (κ1) is 13.7. The molecule has 0 aromatic carbocycles. The summed E-state index contributed by atoms with van der Waals surface area (Å²) in [6.45, 7) is 7.59. The summed E-state index contributed by atoms with van der Waals surface area (Å²) in [5, 5.41) is 17.6. The van der Waals surface area contributed by atoms with E-state index in [2.05, 4.69) is 0 Å². The first-order valence-corrected chi connectivity index (χ1v) is 5.69. The number of thiophene rings is 1. The Morgan fingerprint density at radius 2 is 2.07 bits per heavy atom. The van der Waals surface area contributed by atoms with Gasteiger partial charge in [0.25, 0.3) is 0 Å². The summed E-state index contributed by atoms with van der Waals surface area (Å²) in [6.07, 6.45) is 0.710. The van der Waals surface area contributed by atoms with E-state index < -0.39 is 5.97 Å². The largest absolute Gasteiger partial charge is 0.477 e. The van der Waals surface area contributed by atoms with Gasteiger partial charge in [0.2, 0.25) is 0 Å². The normalized spacial score (nSPS) is 8.73. The van der Waals surface area contributed by atoms with Crippen molar-refractivity contribution in [3.63, 3.8) is 0 Å². The standard InChI is InChI=1S/C9H9NO2S.C2H6/c1-3-7-6(4-10)5(2)8(13-7)9(11)12;1-2/h3H2,1-2H3,(H,11,12);1-2H3. The zero-order valence-electron chi connectivity index (χ0n) is 9.42. The molecule has 0 unspecified atom stereocenters. The molecule has 0 saturated carbocycles. The van der Waals surface area contributed by atoms with E-state index in [9.17, 15) is 4.79 Å². The predicted molar refractivity (Wildman–Crippen MR) is 61.5 cm³/mol. The molecule has 0 aliphatic rings. The Balaban J connectivity index is 0.000000921. The van der Waals surface area contributed by atoms with Crippen molar-refractivity contribution in [2.24, 2.45) is 0 Å². The minimum atomic E-state index is -0.946. The van der Waals surface area contributed by atoms with Gasteiger partial charge in [0.15, 0.2) is 0 Å². The van der Waals surface area contributed by atoms with E-state index in [1.165, 1.54) is 11.3 Å². The molecule has 3 nitrogen and oxygen atoms in total. The van der Waals surface area contributed by atoms with E-state index in [0.717, 1.165) is 4.88 Å². The van der Waals surface area contributed by atoms with Gasteiger partial charge < -0.3 is 5.11 Å². The average Bonchev–Trinajstić information content (AvgIpc) is 2.57. The SMILES string of the molecule is CC.CCc1sc(C(=O)O)c(C)c1C#N. The lowest BCUT2D eigenvalue weighted by Gasteiger charge is -1.89.